The highest BCUT2D eigenvalue weighted by Crippen LogP contribution is 2.18. The number of hydrogen-bond acceptors (Lipinski definition) is 5. The molecule has 1 aromatic heterocycles. The summed E-state index contributed by atoms with van der Waals surface area (Å²) in [6.07, 6.45) is 1.89. The van der Waals surface area contributed by atoms with Crippen molar-refractivity contribution in [1.29, 1.82) is 0 Å². The lowest BCUT2D eigenvalue weighted by molar-refractivity contribution is -0.116. The van der Waals surface area contributed by atoms with Gasteiger partial charge in [-0.3, -0.25) is 9.52 Å². The van der Waals surface area contributed by atoms with E-state index in [1.807, 2.05) is 13.8 Å². The number of aryl methyl sites for hydroxylation is 2. The first-order chi connectivity index (χ1) is 10.7. The molecular weight excluding hydrogens is 318 g/mol. The van der Waals surface area contributed by atoms with Gasteiger partial charge in [0, 0.05) is 17.7 Å². The highest BCUT2D eigenvalue weighted by Gasteiger charge is 2.11. The van der Waals surface area contributed by atoms with Crippen LogP contribution in [0.25, 0.3) is 0 Å². The van der Waals surface area contributed by atoms with Gasteiger partial charge in [-0.05, 0) is 38.5 Å². The van der Waals surface area contributed by atoms with Crippen LogP contribution >= 0.6 is 0 Å². The van der Waals surface area contributed by atoms with Crippen molar-refractivity contribution in [1.82, 2.24) is 5.16 Å². The average Bonchev–Trinajstić information content (AvgIpc) is 2.74. The Morgan fingerprint density at radius 1 is 1.26 bits per heavy atom. The summed E-state index contributed by atoms with van der Waals surface area (Å²) < 4.78 is 29.9. The molecule has 1 heterocycles. The molecule has 0 unspecified atom stereocenters. The predicted octanol–water partition coefficient (Wildman–Crippen LogP) is 2.23. The van der Waals surface area contributed by atoms with E-state index >= 15 is 0 Å². The number of rotatable bonds is 6. The summed E-state index contributed by atoms with van der Waals surface area (Å²) in [5.74, 6) is 0.552. The summed E-state index contributed by atoms with van der Waals surface area (Å²) in [5.41, 5.74) is 2.65. The van der Waals surface area contributed by atoms with Crippen LogP contribution in [0.1, 0.15) is 23.4 Å². The van der Waals surface area contributed by atoms with Crippen molar-refractivity contribution >= 4 is 27.3 Å². The third kappa shape index (κ3) is 5.10. The largest absolute Gasteiger partial charge is 0.361 e. The van der Waals surface area contributed by atoms with Crippen LogP contribution in [0.15, 0.2) is 28.8 Å². The molecule has 7 nitrogen and oxygen atoms in total. The number of benzene rings is 1. The third-order valence-electron chi connectivity index (χ3n) is 3.23. The summed E-state index contributed by atoms with van der Waals surface area (Å²) in [7, 11) is -3.35. The number of aromatic nitrogens is 1. The van der Waals surface area contributed by atoms with Crippen molar-refractivity contribution in [2.45, 2.75) is 26.7 Å². The number of nitrogens with one attached hydrogen (secondary N) is 2. The van der Waals surface area contributed by atoms with Crippen LogP contribution in [-0.2, 0) is 21.2 Å². The molecule has 2 aromatic rings. The maximum Gasteiger partial charge on any atom is 0.229 e. The summed E-state index contributed by atoms with van der Waals surface area (Å²) in [6.45, 7) is 3.65. The Balaban J connectivity index is 1.96. The normalized spacial score (nSPS) is 11.3. The maximum absolute atomic E-state index is 12.0. The Morgan fingerprint density at radius 2 is 1.96 bits per heavy atom. The van der Waals surface area contributed by atoms with E-state index in [1.54, 1.807) is 24.3 Å². The molecule has 0 fully saturated rings. The fraction of sp³-hybridized carbons (Fsp3) is 0.333. The molecule has 0 atom stereocenters. The highest BCUT2D eigenvalue weighted by molar-refractivity contribution is 7.92. The van der Waals surface area contributed by atoms with E-state index in [4.69, 9.17) is 4.52 Å². The second kappa shape index (κ2) is 6.82. The molecule has 0 aliphatic carbocycles. The fourth-order valence-corrected chi connectivity index (χ4v) is 2.75. The van der Waals surface area contributed by atoms with E-state index in [0.29, 0.717) is 17.8 Å². The number of nitrogens with zero attached hydrogens (tertiary/aromatic N) is 1. The molecule has 0 saturated carbocycles. The van der Waals surface area contributed by atoms with Gasteiger partial charge in [0.05, 0.1) is 17.6 Å². The van der Waals surface area contributed by atoms with Crippen LogP contribution in [0.2, 0.25) is 0 Å². The van der Waals surface area contributed by atoms with E-state index in [9.17, 15) is 13.2 Å². The Bertz CT molecular complexity index is 792. The van der Waals surface area contributed by atoms with E-state index in [0.717, 1.165) is 23.3 Å². The smallest absolute Gasteiger partial charge is 0.229 e. The number of anilines is 2. The van der Waals surface area contributed by atoms with Crippen molar-refractivity contribution in [3.05, 3.63) is 41.3 Å². The van der Waals surface area contributed by atoms with E-state index in [1.165, 1.54) is 0 Å². The van der Waals surface area contributed by atoms with Crippen LogP contribution in [0.3, 0.4) is 0 Å². The van der Waals surface area contributed by atoms with Crippen molar-refractivity contribution in [3.8, 4) is 0 Å². The fourth-order valence-electron chi connectivity index (χ4n) is 2.20. The molecule has 0 saturated heterocycles. The Hall–Kier alpha value is -2.35. The van der Waals surface area contributed by atoms with Crippen molar-refractivity contribution < 1.29 is 17.7 Å². The lowest BCUT2D eigenvalue weighted by Crippen LogP contribution is -2.13. The number of hydrogen-bond donors (Lipinski definition) is 2. The molecule has 0 spiro atoms. The molecule has 124 valence electrons. The average molecular weight is 337 g/mol. The second-order valence-corrected chi connectivity index (χ2v) is 7.05. The molecule has 0 aliphatic rings. The van der Waals surface area contributed by atoms with E-state index in [2.05, 4.69) is 15.2 Å². The molecule has 2 N–H and O–H groups in total. The summed E-state index contributed by atoms with van der Waals surface area (Å²) in [4.78, 5) is 12.0. The molecule has 0 radical (unpaired) electrons. The van der Waals surface area contributed by atoms with Crippen LogP contribution in [0, 0.1) is 13.8 Å². The van der Waals surface area contributed by atoms with Gasteiger partial charge in [0.25, 0.3) is 0 Å². The number of carbonyl (C=O) groups is 1. The maximum atomic E-state index is 12.0. The molecule has 0 bridgehead atoms. The summed E-state index contributed by atoms with van der Waals surface area (Å²) in [6, 6.07) is 6.54. The van der Waals surface area contributed by atoms with E-state index in [-0.39, 0.29) is 12.3 Å². The zero-order chi connectivity index (χ0) is 17.0. The van der Waals surface area contributed by atoms with Crippen molar-refractivity contribution in [3.63, 3.8) is 0 Å². The van der Waals surface area contributed by atoms with Gasteiger partial charge >= 0.3 is 0 Å². The van der Waals surface area contributed by atoms with E-state index < -0.39 is 10.0 Å². The van der Waals surface area contributed by atoms with Crippen LogP contribution in [-0.4, -0.2) is 25.7 Å². The van der Waals surface area contributed by atoms with Gasteiger partial charge in [0.15, 0.2) is 0 Å². The molecule has 23 heavy (non-hydrogen) atoms. The van der Waals surface area contributed by atoms with Gasteiger partial charge in [-0.25, -0.2) is 8.42 Å². The zero-order valence-corrected chi connectivity index (χ0v) is 14.0. The topological polar surface area (TPSA) is 101 Å². The molecule has 1 amide bonds. The molecular formula is C15H19N3O4S. The first-order valence-electron chi connectivity index (χ1n) is 7.04. The Morgan fingerprint density at radius 3 is 2.57 bits per heavy atom. The molecule has 1 aromatic carbocycles. The standard InChI is InChI=1S/C15H19N3O4S/c1-10-14(11(2)22-17-10)7-8-15(19)16-12-5-4-6-13(9-12)18-23(3,20)21/h4-6,9,18H,7-8H2,1-3H3,(H,16,19). The summed E-state index contributed by atoms with van der Waals surface area (Å²) in [5, 5.41) is 6.60. The molecule has 2 rings (SSSR count). The Labute approximate surface area is 135 Å². The van der Waals surface area contributed by atoms with Crippen molar-refractivity contribution in [2.24, 2.45) is 0 Å². The number of carbonyl (C=O) groups excluding carboxylic acids is 1. The predicted molar refractivity (Wildman–Crippen MR) is 87.8 cm³/mol. The van der Waals surface area contributed by atoms with Gasteiger partial charge in [0.2, 0.25) is 15.9 Å². The van der Waals surface area contributed by atoms with Crippen LogP contribution in [0.5, 0.6) is 0 Å². The van der Waals surface area contributed by atoms with Gasteiger partial charge in [-0.1, -0.05) is 11.2 Å². The van der Waals surface area contributed by atoms with Gasteiger partial charge in [0.1, 0.15) is 5.76 Å². The third-order valence-corrected chi connectivity index (χ3v) is 3.84. The van der Waals surface area contributed by atoms with Gasteiger partial charge in [-0.2, -0.15) is 0 Å². The zero-order valence-electron chi connectivity index (χ0n) is 13.2. The van der Waals surface area contributed by atoms with Crippen LogP contribution < -0.4 is 10.0 Å². The summed E-state index contributed by atoms with van der Waals surface area (Å²) >= 11 is 0. The lowest BCUT2D eigenvalue weighted by atomic mass is 10.1. The molecule has 0 aliphatic heterocycles. The monoisotopic (exact) mass is 337 g/mol. The lowest BCUT2D eigenvalue weighted by Gasteiger charge is -2.08. The van der Waals surface area contributed by atoms with Gasteiger partial charge < -0.3 is 9.84 Å². The first kappa shape index (κ1) is 17.0. The second-order valence-electron chi connectivity index (χ2n) is 5.31. The Kier molecular flexibility index (Phi) is 5.05. The minimum Gasteiger partial charge on any atom is -0.361 e. The van der Waals surface area contributed by atoms with Crippen LogP contribution in [0.4, 0.5) is 11.4 Å². The molecule has 8 heteroatoms. The number of sulfonamides is 1. The van der Waals surface area contributed by atoms with Gasteiger partial charge in [-0.15, -0.1) is 0 Å². The highest BCUT2D eigenvalue weighted by atomic mass is 32.2. The SMILES string of the molecule is Cc1noc(C)c1CCC(=O)Nc1cccc(NS(C)(=O)=O)c1. The minimum absolute atomic E-state index is 0.165. The van der Waals surface area contributed by atoms with Crippen molar-refractivity contribution in [2.75, 3.05) is 16.3 Å². The number of amides is 1. The minimum atomic E-state index is -3.35. The quantitative estimate of drug-likeness (QED) is 0.842. The first-order valence-corrected chi connectivity index (χ1v) is 8.93.